The van der Waals surface area contributed by atoms with Crippen LogP contribution in [-0.4, -0.2) is 74.9 Å². The second-order valence-corrected chi connectivity index (χ2v) is 9.03. The van der Waals surface area contributed by atoms with Gasteiger partial charge in [0.1, 0.15) is 11.9 Å². The monoisotopic (exact) mass is 481 g/mol. The third-order valence-electron chi connectivity index (χ3n) is 6.79. The zero-order valence-electron chi connectivity index (χ0n) is 19.8. The number of methoxy groups -OCH3 is 1. The fourth-order valence-electron chi connectivity index (χ4n) is 5.25. The van der Waals surface area contributed by atoms with Crippen molar-refractivity contribution in [1.29, 1.82) is 0 Å². The van der Waals surface area contributed by atoms with Gasteiger partial charge in [0.05, 0.1) is 17.7 Å². The van der Waals surface area contributed by atoms with E-state index in [0.29, 0.717) is 24.3 Å². The van der Waals surface area contributed by atoms with Gasteiger partial charge in [-0.1, -0.05) is 6.42 Å². The summed E-state index contributed by atoms with van der Waals surface area (Å²) >= 11 is 0. The van der Waals surface area contributed by atoms with Crippen molar-refractivity contribution in [1.82, 2.24) is 24.6 Å². The zero-order valence-corrected chi connectivity index (χ0v) is 19.8. The highest BCUT2D eigenvalue weighted by Gasteiger charge is 2.48. The van der Waals surface area contributed by atoms with E-state index in [1.165, 1.54) is 0 Å². The highest BCUT2D eigenvalue weighted by atomic mass is 19.1. The SMILES string of the molecule is COCOc1cc(-n2ccnc2)ccc1-c1ccc(O[C@@H]2CC3CCCC([C@@H]2F)N3B(C)O)nn1. The summed E-state index contributed by atoms with van der Waals surface area (Å²) in [5.74, 6) is 0.863. The molecule has 4 atom stereocenters. The molecule has 2 aromatic heterocycles. The fraction of sp³-hybridized carbons (Fsp3) is 0.458. The molecular formula is C24H29BFN5O4. The number of rotatable bonds is 8. The summed E-state index contributed by atoms with van der Waals surface area (Å²) in [5, 5.41) is 18.7. The lowest BCUT2D eigenvalue weighted by atomic mass is 9.71. The number of imidazole rings is 1. The first-order valence-corrected chi connectivity index (χ1v) is 11.9. The predicted octanol–water partition coefficient (Wildman–Crippen LogP) is 3.13. The number of ether oxygens (including phenoxy) is 3. The molecule has 3 aromatic rings. The smallest absolute Gasteiger partial charge is 0.376 e. The van der Waals surface area contributed by atoms with Crippen LogP contribution in [0.1, 0.15) is 25.7 Å². The number of halogens is 1. The first kappa shape index (κ1) is 23.7. The number of nitrogens with zero attached hydrogens (tertiary/aromatic N) is 5. The molecule has 1 N–H and O–H groups in total. The average Bonchev–Trinajstić information content (AvgIpc) is 3.41. The Morgan fingerprint density at radius 3 is 2.80 bits per heavy atom. The standard InChI is InChI=1S/C24H29BFN5O4/c1-25(32)31-17-4-3-5-20(31)24(26)22(13-17)35-23-9-8-19(28-29-23)18-7-6-16(30-11-10-27-14-30)12-21(18)34-15-33-2/h6-12,14,17,20,22,24,32H,3-5,13,15H2,1-2H3/t17?,20?,22-,24+/m1/s1. The normalized spacial score (nSPS) is 24.2. The minimum absolute atomic E-state index is 0.0837. The molecular weight excluding hydrogens is 452 g/mol. The van der Waals surface area contributed by atoms with Gasteiger partial charge in [-0.05, 0) is 37.9 Å². The number of alkyl halides is 1. The van der Waals surface area contributed by atoms with E-state index in [1.54, 1.807) is 38.6 Å². The van der Waals surface area contributed by atoms with Crippen LogP contribution in [0.15, 0.2) is 49.1 Å². The molecule has 5 rings (SSSR count). The van der Waals surface area contributed by atoms with Gasteiger partial charge in [-0.3, -0.25) is 0 Å². The van der Waals surface area contributed by atoms with Gasteiger partial charge in [0.2, 0.25) is 5.88 Å². The van der Waals surface area contributed by atoms with Crippen LogP contribution in [0, 0.1) is 0 Å². The highest BCUT2D eigenvalue weighted by molar-refractivity contribution is 6.45. The summed E-state index contributed by atoms with van der Waals surface area (Å²) in [5.41, 5.74) is 2.22. The Balaban J connectivity index is 1.34. The molecule has 9 nitrogen and oxygen atoms in total. The molecule has 2 aliphatic heterocycles. The van der Waals surface area contributed by atoms with E-state index >= 15 is 4.39 Å². The molecule has 35 heavy (non-hydrogen) atoms. The van der Waals surface area contributed by atoms with Gasteiger partial charge in [-0.25, -0.2) is 9.37 Å². The number of hydrogen-bond donors (Lipinski definition) is 1. The van der Waals surface area contributed by atoms with Crippen molar-refractivity contribution < 1.29 is 23.6 Å². The third-order valence-corrected chi connectivity index (χ3v) is 6.79. The molecule has 4 heterocycles. The number of fused-ring (bicyclic) bond motifs is 2. The summed E-state index contributed by atoms with van der Waals surface area (Å²) in [4.78, 5) is 5.98. The molecule has 0 saturated carbocycles. The van der Waals surface area contributed by atoms with E-state index in [0.717, 1.165) is 24.1 Å². The first-order valence-electron chi connectivity index (χ1n) is 11.9. The van der Waals surface area contributed by atoms with Crippen molar-refractivity contribution in [3.63, 3.8) is 0 Å². The Bertz CT molecular complexity index is 1120. The van der Waals surface area contributed by atoms with Crippen molar-refractivity contribution in [3.05, 3.63) is 49.1 Å². The van der Waals surface area contributed by atoms with Crippen molar-refractivity contribution in [3.8, 4) is 28.6 Å². The molecule has 184 valence electrons. The zero-order chi connectivity index (χ0) is 24.4. The van der Waals surface area contributed by atoms with Gasteiger partial charge in [-0.15, -0.1) is 10.2 Å². The van der Waals surface area contributed by atoms with Gasteiger partial charge < -0.3 is 28.6 Å². The molecule has 2 bridgehead atoms. The van der Waals surface area contributed by atoms with E-state index in [1.807, 2.05) is 33.8 Å². The minimum atomic E-state index is -1.20. The number of piperidine rings is 2. The molecule has 0 aliphatic carbocycles. The van der Waals surface area contributed by atoms with E-state index in [-0.39, 0.29) is 24.8 Å². The van der Waals surface area contributed by atoms with Crippen molar-refractivity contribution >= 4 is 7.05 Å². The van der Waals surface area contributed by atoms with E-state index in [2.05, 4.69) is 15.2 Å². The Morgan fingerprint density at radius 1 is 1.20 bits per heavy atom. The summed E-state index contributed by atoms with van der Waals surface area (Å²) in [6.45, 7) is 1.79. The maximum absolute atomic E-state index is 15.3. The Hall–Kier alpha value is -3.02. The van der Waals surface area contributed by atoms with Gasteiger partial charge in [0, 0.05) is 55.7 Å². The van der Waals surface area contributed by atoms with Crippen LogP contribution in [0.3, 0.4) is 0 Å². The van der Waals surface area contributed by atoms with Crippen molar-refractivity contribution in [2.75, 3.05) is 13.9 Å². The van der Waals surface area contributed by atoms with Crippen LogP contribution in [0.2, 0.25) is 6.82 Å². The lowest BCUT2D eigenvalue weighted by Gasteiger charge is -2.50. The van der Waals surface area contributed by atoms with Crippen LogP contribution in [0.5, 0.6) is 11.6 Å². The number of aromatic nitrogens is 4. The molecule has 1 aromatic carbocycles. The maximum Gasteiger partial charge on any atom is 0.376 e. The highest BCUT2D eigenvalue weighted by Crippen LogP contribution is 2.38. The second-order valence-electron chi connectivity index (χ2n) is 9.03. The fourth-order valence-corrected chi connectivity index (χ4v) is 5.25. The molecule has 11 heteroatoms. The molecule has 2 aliphatic rings. The second kappa shape index (κ2) is 10.3. The van der Waals surface area contributed by atoms with Gasteiger partial charge >= 0.3 is 7.05 Å². The lowest BCUT2D eigenvalue weighted by Crippen LogP contribution is -2.64. The van der Waals surface area contributed by atoms with Crippen LogP contribution < -0.4 is 9.47 Å². The third kappa shape index (κ3) is 4.89. The largest absolute Gasteiger partial charge is 0.470 e. The maximum atomic E-state index is 15.3. The van der Waals surface area contributed by atoms with Gasteiger partial charge in [0.25, 0.3) is 0 Å². The summed E-state index contributed by atoms with van der Waals surface area (Å²) in [6, 6.07) is 8.97. The molecule has 2 fully saturated rings. The van der Waals surface area contributed by atoms with Crippen LogP contribution in [0.4, 0.5) is 4.39 Å². The molecule has 2 unspecified atom stereocenters. The van der Waals surface area contributed by atoms with Crippen molar-refractivity contribution in [2.45, 2.75) is 56.9 Å². The molecule has 0 radical (unpaired) electrons. The molecule has 0 spiro atoms. The molecule has 2 saturated heterocycles. The predicted molar refractivity (Wildman–Crippen MR) is 128 cm³/mol. The summed E-state index contributed by atoms with van der Waals surface area (Å²) < 4.78 is 34.0. The van der Waals surface area contributed by atoms with Crippen LogP contribution >= 0.6 is 0 Å². The number of hydrogen-bond acceptors (Lipinski definition) is 8. The molecule has 0 amide bonds. The quantitative estimate of drug-likeness (QED) is 0.388. The summed E-state index contributed by atoms with van der Waals surface area (Å²) in [7, 11) is 0.891. The Morgan fingerprint density at radius 2 is 2.09 bits per heavy atom. The van der Waals surface area contributed by atoms with Crippen LogP contribution in [-0.2, 0) is 4.74 Å². The Kier molecular flexibility index (Phi) is 6.98. The summed E-state index contributed by atoms with van der Waals surface area (Å²) in [6.07, 6.45) is 6.56. The van der Waals surface area contributed by atoms with Crippen molar-refractivity contribution in [2.24, 2.45) is 0 Å². The number of benzene rings is 1. The topological polar surface area (TPSA) is 94.8 Å². The lowest BCUT2D eigenvalue weighted by molar-refractivity contribution is -0.0454. The van der Waals surface area contributed by atoms with Gasteiger partial charge in [0.15, 0.2) is 13.0 Å². The van der Waals surface area contributed by atoms with Crippen LogP contribution in [0.25, 0.3) is 16.9 Å². The van der Waals surface area contributed by atoms with E-state index in [9.17, 15) is 5.02 Å². The average molecular weight is 481 g/mol. The van der Waals surface area contributed by atoms with Gasteiger partial charge in [-0.2, -0.15) is 0 Å². The minimum Gasteiger partial charge on any atom is -0.470 e. The van der Waals surface area contributed by atoms with E-state index in [4.69, 9.17) is 14.2 Å². The first-order chi connectivity index (χ1) is 17.0. The Labute approximate surface area is 204 Å². The van der Waals surface area contributed by atoms with E-state index < -0.39 is 19.3 Å².